The summed E-state index contributed by atoms with van der Waals surface area (Å²) in [4.78, 5) is 27.5. The number of hydrogen-bond acceptors (Lipinski definition) is 6. The molecule has 0 saturated carbocycles. The van der Waals surface area contributed by atoms with Crippen LogP contribution in [0.3, 0.4) is 0 Å². The van der Waals surface area contributed by atoms with Crippen LogP contribution in [0.15, 0.2) is 53.4 Å². The van der Waals surface area contributed by atoms with Crippen molar-refractivity contribution < 1.29 is 20.0 Å². The van der Waals surface area contributed by atoms with Gasteiger partial charge in [-0.3, -0.25) is 9.59 Å². The van der Waals surface area contributed by atoms with E-state index in [1.165, 1.54) is 30.0 Å². The van der Waals surface area contributed by atoms with E-state index >= 15 is 0 Å². The van der Waals surface area contributed by atoms with Gasteiger partial charge in [-0.1, -0.05) is 18.2 Å². The van der Waals surface area contributed by atoms with Crippen molar-refractivity contribution in [1.29, 1.82) is 0 Å². The van der Waals surface area contributed by atoms with Crippen molar-refractivity contribution >= 4 is 40.6 Å². The maximum absolute atomic E-state index is 12.7. The third-order valence-corrected chi connectivity index (χ3v) is 5.39. The number of carbonyl (C=O) groups is 2. The monoisotopic (exact) mass is 343 g/mol. The molecule has 0 radical (unpaired) electrons. The number of fused-ring (bicyclic) bond motifs is 2. The molecule has 0 aromatic heterocycles. The summed E-state index contributed by atoms with van der Waals surface area (Å²) in [5.74, 6) is -0.700. The highest BCUT2D eigenvalue weighted by molar-refractivity contribution is 8.01. The number of nitrogens with one attached hydrogen (secondary N) is 2. The first-order valence-corrected chi connectivity index (χ1v) is 8.17. The zero-order chi connectivity index (χ0) is 16.8. The van der Waals surface area contributed by atoms with Crippen molar-refractivity contribution in [2.24, 2.45) is 0 Å². The Hall–Kier alpha value is -2.39. The summed E-state index contributed by atoms with van der Waals surface area (Å²) >= 11 is 1.36. The Morgan fingerprint density at radius 1 is 1.12 bits per heavy atom. The summed E-state index contributed by atoms with van der Waals surface area (Å²) in [6.45, 7) is 0. The molecule has 2 amide bonds. The molecule has 8 heteroatoms. The number of rotatable bonds is 2. The maximum Gasteiger partial charge on any atom is 0.258 e. The van der Waals surface area contributed by atoms with Crippen LogP contribution in [0.2, 0.25) is 0 Å². The molecule has 122 valence electrons. The number of quaternary nitrogens is 1. The van der Waals surface area contributed by atoms with E-state index in [0.717, 1.165) is 15.5 Å². The molecule has 2 aliphatic rings. The van der Waals surface area contributed by atoms with E-state index in [2.05, 4.69) is 5.32 Å². The van der Waals surface area contributed by atoms with Gasteiger partial charge in [-0.05, 0) is 18.2 Å². The lowest BCUT2D eigenvalue weighted by Gasteiger charge is -2.25. The molecule has 4 rings (SSSR count). The summed E-state index contributed by atoms with van der Waals surface area (Å²) in [6, 6.07) is 12.7. The van der Waals surface area contributed by atoms with Gasteiger partial charge in [-0.25, -0.2) is 10.1 Å². The minimum Gasteiger partial charge on any atom is -0.595 e. The molecule has 2 aliphatic heterocycles. The second kappa shape index (κ2) is 5.60. The molecule has 0 aliphatic carbocycles. The minimum absolute atomic E-state index is 0.0341. The topological polar surface area (TPSA) is 97.1 Å². The molecular weight excluding hydrogens is 330 g/mol. The number of amides is 2. The van der Waals surface area contributed by atoms with E-state index in [1.807, 2.05) is 24.3 Å². The largest absolute Gasteiger partial charge is 0.595 e. The smallest absolute Gasteiger partial charge is 0.258 e. The Labute approximate surface area is 141 Å². The summed E-state index contributed by atoms with van der Waals surface area (Å²) in [7, 11) is 0. The van der Waals surface area contributed by atoms with E-state index in [4.69, 9.17) is 5.21 Å². The normalized spacial score (nSPS) is 23.5. The Bertz CT molecular complexity index is 799. The first kappa shape index (κ1) is 15.2. The van der Waals surface area contributed by atoms with Crippen molar-refractivity contribution in [1.82, 2.24) is 0 Å². The zero-order valence-electron chi connectivity index (χ0n) is 12.3. The van der Waals surface area contributed by atoms with E-state index in [0.29, 0.717) is 0 Å². The SMILES string of the molecule is O=C1C2Nc3ccccc3SC2C(=O)N1c1cccc([NH+]([O-])O)c1. The number of thioether (sulfide) groups is 1. The van der Waals surface area contributed by atoms with Crippen molar-refractivity contribution in [3.8, 4) is 0 Å². The highest BCUT2D eigenvalue weighted by atomic mass is 32.2. The maximum atomic E-state index is 12.7. The number of nitrogens with zero attached hydrogens (tertiary/aromatic N) is 1. The molecule has 0 spiro atoms. The van der Waals surface area contributed by atoms with E-state index in [9.17, 15) is 14.8 Å². The van der Waals surface area contributed by atoms with Gasteiger partial charge >= 0.3 is 0 Å². The van der Waals surface area contributed by atoms with Crippen molar-refractivity contribution in [3.63, 3.8) is 0 Å². The molecule has 0 bridgehead atoms. The summed E-state index contributed by atoms with van der Waals surface area (Å²) in [5, 5.41) is 21.7. The number of anilines is 2. The van der Waals surface area contributed by atoms with Gasteiger partial charge < -0.3 is 10.5 Å². The van der Waals surface area contributed by atoms with Crippen LogP contribution < -0.4 is 15.4 Å². The predicted octanol–water partition coefficient (Wildman–Crippen LogP) is 0.918. The number of para-hydroxylation sites is 1. The standard InChI is InChI=1S/C16H13N3O4S/c20-15-13-14(24-12-7-2-1-6-11(12)17-13)16(21)18(15)9-4-3-5-10(8-9)19(22)23/h1-8,13-14,17,19,22H. The van der Waals surface area contributed by atoms with Crippen LogP contribution in [-0.2, 0) is 9.59 Å². The molecule has 1 saturated heterocycles. The van der Waals surface area contributed by atoms with Crippen LogP contribution in [0.25, 0.3) is 0 Å². The van der Waals surface area contributed by atoms with Crippen molar-refractivity contribution in [2.45, 2.75) is 16.2 Å². The molecule has 7 nitrogen and oxygen atoms in total. The molecule has 3 N–H and O–H groups in total. The minimum atomic E-state index is -1.10. The van der Waals surface area contributed by atoms with Gasteiger partial charge in [-0.15, -0.1) is 11.8 Å². The van der Waals surface area contributed by atoms with E-state index in [-0.39, 0.29) is 23.2 Å². The second-order valence-corrected chi connectivity index (χ2v) is 6.71. The molecular formula is C16H13N3O4S. The van der Waals surface area contributed by atoms with Gasteiger partial charge in [0.15, 0.2) is 5.69 Å². The molecule has 2 heterocycles. The van der Waals surface area contributed by atoms with Crippen LogP contribution in [0.4, 0.5) is 17.1 Å². The fourth-order valence-corrected chi connectivity index (χ4v) is 4.14. The van der Waals surface area contributed by atoms with Gasteiger partial charge in [0.25, 0.3) is 5.91 Å². The lowest BCUT2D eigenvalue weighted by molar-refractivity contribution is -0.991. The van der Waals surface area contributed by atoms with Gasteiger partial charge in [-0.2, -0.15) is 5.23 Å². The van der Waals surface area contributed by atoms with Crippen LogP contribution >= 0.6 is 11.8 Å². The fraction of sp³-hybridized carbons (Fsp3) is 0.125. The van der Waals surface area contributed by atoms with Crippen molar-refractivity contribution in [2.75, 3.05) is 10.2 Å². The summed E-state index contributed by atoms with van der Waals surface area (Å²) in [6.07, 6.45) is 0. The Balaban J connectivity index is 1.70. The Kier molecular flexibility index (Phi) is 3.54. The summed E-state index contributed by atoms with van der Waals surface area (Å²) < 4.78 is 0. The lowest BCUT2D eigenvalue weighted by atomic mass is 10.2. The van der Waals surface area contributed by atoms with Gasteiger partial charge in [0.05, 0.1) is 5.69 Å². The highest BCUT2D eigenvalue weighted by Crippen LogP contribution is 2.42. The van der Waals surface area contributed by atoms with Crippen LogP contribution in [0, 0.1) is 5.21 Å². The van der Waals surface area contributed by atoms with Crippen LogP contribution in [0.5, 0.6) is 0 Å². The van der Waals surface area contributed by atoms with E-state index in [1.54, 1.807) is 6.07 Å². The highest BCUT2D eigenvalue weighted by Gasteiger charge is 2.51. The average molecular weight is 343 g/mol. The Morgan fingerprint density at radius 3 is 2.71 bits per heavy atom. The van der Waals surface area contributed by atoms with Gasteiger partial charge in [0.1, 0.15) is 11.3 Å². The Morgan fingerprint density at radius 2 is 1.92 bits per heavy atom. The second-order valence-electron chi connectivity index (χ2n) is 5.52. The van der Waals surface area contributed by atoms with E-state index < -0.39 is 16.5 Å². The molecule has 3 unspecified atom stereocenters. The van der Waals surface area contributed by atoms with Crippen LogP contribution in [0.1, 0.15) is 0 Å². The third kappa shape index (κ3) is 2.28. The number of imide groups is 1. The average Bonchev–Trinajstić information content (AvgIpc) is 2.84. The zero-order valence-corrected chi connectivity index (χ0v) is 13.1. The van der Waals surface area contributed by atoms with Crippen molar-refractivity contribution in [3.05, 3.63) is 53.7 Å². The number of carbonyl (C=O) groups excluding carboxylic acids is 2. The first-order valence-electron chi connectivity index (χ1n) is 7.29. The summed E-state index contributed by atoms with van der Waals surface area (Å²) in [5.41, 5.74) is 1.14. The predicted molar refractivity (Wildman–Crippen MR) is 88.2 cm³/mol. The van der Waals surface area contributed by atoms with Gasteiger partial charge in [0, 0.05) is 22.7 Å². The molecule has 2 aromatic carbocycles. The fourth-order valence-electron chi connectivity index (χ4n) is 2.93. The quantitative estimate of drug-likeness (QED) is 0.554. The van der Waals surface area contributed by atoms with Crippen LogP contribution in [-0.4, -0.2) is 28.3 Å². The first-order chi connectivity index (χ1) is 11.6. The van der Waals surface area contributed by atoms with Gasteiger partial charge in [0.2, 0.25) is 5.91 Å². The number of hydrogen-bond donors (Lipinski definition) is 3. The molecule has 3 atom stereocenters. The molecule has 24 heavy (non-hydrogen) atoms. The lowest BCUT2D eigenvalue weighted by Crippen LogP contribution is -2.99. The third-order valence-electron chi connectivity index (χ3n) is 4.06. The molecule has 2 aromatic rings. The number of benzene rings is 2. The molecule has 1 fully saturated rings.